The number of anilines is 1. The summed E-state index contributed by atoms with van der Waals surface area (Å²) in [6.07, 6.45) is 1.72. The van der Waals surface area contributed by atoms with Gasteiger partial charge in [-0.2, -0.15) is 11.8 Å². The molecule has 0 saturated carbocycles. The highest BCUT2D eigenvalue weighted by Gasteiger charge is 2.09. The summed E-state index contributed by atoms with van der Waals surface area (Å²) >= 11 is 1.64. The highest BCUT2D eigenvalue weighted by Crippen LogP contribution is 2.22. The second kappa shape index (κ2) is 8.16. The number of rotatable bonds is 7. The van der Waals surface area contributed by atoms with Crippen LogP contribution in [0.3, 0.4) is 0 Å². The number of nitrogens with one attached hydrogen (secondary N) is 1. The molecular weight excluding hydrogens is 246 g/mol. The van der Waals surface area contributed by atoms with Gasteiger partial charge >= 0.3 is 0 Å². The number of unbranched alkanes of at least 4 members (excludes halogenated alkanes) is 1. The van der Waals surface area contributed by atoms with E-state index in [2.05, 4.69) is 12.2 Å². The van der Waals surface area contributed by atoms with Gasteiger partial charge in [0.2, 0.25) is 5.91 Å². The van der Waals surface area contributed by atoms with E-state index in [1.54, 1.807) is 18.7 Å². The zero-order chi connectivity index (χ0) is 13.4. The van der Waals surface area contributed by atoms with Gasteiger partial charge in [-0.05, 0) is 25.2 Å². The monoisotopic (exact) mass is 267 g/mol. The molecule has 0 heterocycles. The first-order valence-corrected chi connectivity index (χ1v) is 7.45. The van der Waals surface area contributed by atoms with Crippen molar-refractivity contribution in [3.63, 3.8) is 0 Å². The molecule has 4 heteroatoms. The number of amides is 1. The number of carbonyl (C=O) groups is 1. The summed E-state index contributed by atoms with van der Waals surface area (Å²) in [5.41, 5.74) is 1.46. The van der Waals surface area contributed by atoms with Gasteiger partial charge in [-0.1, -0.05) is 31.5 Å². The molecule has 3 nitrogen and oxygen atoms in total. The molecule has 0 fully saturated rings. The van der Waals surface area contributed by atoms with E-state index in [9.17, 15) is 9.90 Å². The summed E-state index contributed by atoms with van der Waals surface area (Å²) in [5.74, 6) is 1.47. The topological polar surface area (TPSA) is 49.3 Å². The third kappa shape index (κ3) is 5.10. The van der Waals surface area contributed by atoms with Gasteiger partial charge in [0.05, 0.1) is 11.9 Å². The molecule has 1 atom stereocenters. The zero-order valence-corrected chi connectivity index (χ0v) is 11.8. The van der Waals surface area contributed by atoms with E-state index >= 15 is 0 Å². The lowest BCUT2D eigenvalue weighted by Crippen LogP contribution is -2.16. The van der Waals surface area contributed by atoms with Crippen molar-refractivity contribution < 1.29 is 9.90 Å². The van der Waals surface area contributed by atoms with Crippen LogP contribution in [-0.4, -0.2) is 22.5 Å². The summed E-state index contributed by atoms with van der Waals surface area (Å²) in [6.45, 7) is 3.83. The van der Waals surface area contributed by atoms with Crippen LogP contribution < -0.4 is 5.32 Å². The number of carbonyl (C=O) groups excluding carboxylic acids is 1. The molecule has 0 aliphatic rings. The maximum Gasteiger partial charge on any atom is 0.234 e. The van der Waals surface area contributed by atoms with E-state index in [0.717, 1.165) is 24.2 Å². The minimum atomic E-state index is -0.575. The van der Waals surface area contributed by atoms with Gasteiger partial charge in [-0.3, -0.25) is 4.79 Å². The van der Waals surface area contributed by atoms with E-state index < -0.39 is 6.10 Å². The molecule has 0 aromatic heterocycles. The Hall–Kier alpha value is -1.00. The Morgan fingerprint density at radius 1 is 1.44 bits per heavy atom. The van der Waals surface area contributed by atoms with E-state index in [4.69, 9.17) is 0 Å². The highest BCUT2D eigenvalue weighted by molar-refractivity contribution is 7.99. The maximum atomic E-state index is 11.7. The third-order valence-electron chi connectivity index (χ3n) is 2.56. The van der Waals surface area contributed by atoms with Crippen LogP contribution in [0.25, 0.3) is 0 Å². The van der Waals surface area contributed by atoms with Crippen molar-refractivity contribution in [2.45, 2.75) is 32.8 Å². The van der Waals surface area contributed by atoms with Crippen molar-refractivity contribution in [1.29, 1.82) is 0 Å². The van der Waals surface area contributed by atoms with Gasteiger partial charge in [-0.25, -0.2) is 0 Å². The molecule has 18 heavy (non-hydrogen) atoms. The highest BCUT2D eigenvalue weighted by atomic mass is 32.2. The van der Waals surface area contributed by atoms with Crippen molar-refractivity contribution >= 4 is 23.4 Å². The smallest absolute Gasteiger partial charge is 0.234 e. The molecule has 1 amide bonds. The minimum absolute atomic E-state index is 0.01000. The summed E-state index contributed by atoms with van der Waals surface area (Å²) in [7, 11) is 0. The van der Waals surface area contributed by atoms with Gasteiger partial charge in [0.1, 0.15) is 0 Å². The lowest BCUT2D eigenvalue weighted by molar-refractivity contribution is -0.113. The molecule has 2 N–H and O–H groups in total. The van der Waals surface area contributed by atoms with Crippen molar-refractivity contribution in [3.8, 4) is 0 Å². The standard InChI is InChI=1S/C14H21NO2S/c1-3-4-9-18-10-14(17)15-13-8-6-5-7-12(13)11(2)16/h5-8,11,16H,3-4,9-10H2,1-2H3,(H,15,17). The average molecular weight is 267 g/mol. The fraction of sp³-hybridized carbons (Fsp3) is 0.500. The van der Waals surface area contributed by atoms with Crippen LogP contribution >= 0.6 is 11.8 Å². The molecular formula is C14H21NO2S. The van der Waals surface area contributed by atoms with Crippen LogP contribution in [0.4, 0.5) is 5.69 Å². The maximum absolute atomic E-state index is 11.7. The van der Waals surface area contributed by atoms with Crippen LogP contribution in [-0.2, 0) is 4.79 Å². The minimum Gasteiger partial charge on any atom is -0.389 e. The van der Waals surface area contributed by atoms with E-state index in [-0.39, 0.29) is 5.91 Å². The summed E-state index contributed by atoms with van der Waals surface area (Å²) in [4.78, 5) is 11.7. The predicted molar refractivity (Wildman–Crippen MR) is 77.9 cm³/mol. The number of para-hydroxylation sites is 1. The number of hydrogen-bond acceptors (Lipinski definition) is 3. The fourth-order valence-corrected chi connectivity index (χ4v) is 2.47. The molecule has 100 valence electrons. The Morgan fingerprint density at radius 3 is 2.83 bits per heavy atom. The lowest BCUT2D eigenvalue weighted by atomic mass is 10.1. The Bertz CT molecular complexity index is 380. The SMILES string of the molecule is CCCCSCC(=O)Nc1ccccc1C(C)O. The number of aliphatic hydroxyl groups is 1. The van der Waals surface area contributed by atoms with Crippen LogP contribution in [0.1, 0.15) is 38.4 Å². The predicted octanol–water partition coefficient (Wildman–Crippen LogP) is 3.21. The molecule has 0 radical (unpaired) electrons. The molecule has 1 aromatic rings. The second-order valence-corrected chi connectivity index (χ2v) is 5.32. The Balaban J connectivity index is 2.49. The van der Waals surface area contributed by atoms with E-state index in [1.807, 2.05) is 24.3 Å². The quantitative estimate of drug-likeness (QED) is 0.746. The molecule has 1 rings (SSSR count). The number of hydrogen-bond donors (Lipinski definition) is 2. The van der Waals surface area contributed by atoms with Crippen molar-refractivity contribution in [2.75, 3.05) is 16.8 Å². The second-order valence-electron chi connectivity index (χ2n) is 4.22. The third-order valence-corrected chi connectivity index (χ3v) is 3.60. The van der Waals surface area contributed by atoms with E-state index in [0.29, 0.717) is 11.4 Å². The zero-order valence-electron chi connectivity index (χ0n) is 11.0. The molecule has 0 aliphatic carbocycles. The Morgan fingerprint density at radius 2 is 2.17 bits per heavy atom. The van der Waals surface area contributed by atoms with E-state index in [1.165, 1.54) is 0 Å². The molecule has 0 bridgehead atoms. The van der Waals surface area contributed by atoms with Crippen LogP contribution in [0.15, 0.2) is 24.3 Å². The molecule has 0 spiro atoms. The normalized spacial score (nSPS) is 12.2. The van der Waals surface area contributed by atoms with Crippen molar-refractivity contribution in [2.24, 2.45) is 0 Å². The molecule has 0 saturated heterocycles. The number of benzene rings is 1. The largest absolute Gasteiger partial charge is 0.389 e. The van der Waals surface area contributed by atoms with Crippen LogP contribution in [0, 0.1) is 0 Å². The first-order valence-electron chi connectivity index (χ1n) is 6.29. The summed E-state index contributed by atoms with van der Waals surface area (Å²) in [5, 5.41) is 12.5. The first kappa shape index (κ1) is 15.1. The Labute approximate surface area is 113 Å². The van der Waals surface area contributed by atoms with Crippen LogP contribution in [0.5, 0.6) is 0 Å². The fourth-order valence-electron chi connectivity index (χ4n) is 1.57. The van der Waals surface area contributed by atoms with Gasteiger partial charge < -0.3 is 10.4 Å². The van der Waals surface area contributed by atoms with Gasteiger partial charge in [-0.15, -0.1) is 0 Å². The number of aliphatic hydroxyl groups excluding tert-OH is 1. The summed E-state index contributed by atoms with van der Waals surface area (Å²) < 4.78 is 0. The van der Waals surface area contributed by atoms with Crippen molar-refractivity contribution in [3.05, 3.63) is 29.8 Å². The lowest BCUT2D eigenvalue weighted by Gasteiger charge is -2.12. The average Bonchev–Trinajstić information content (AvgIpc) is 2.35. The molecule has 0 aliphatic heterocycles. The first-order chi connectivity index (χ1) is 8.65. The molecule has 1 aromatic carbocycles. The number of thioether (sulfide) groups is 1. The Kier molecular flexibility index (Phi) is 6.83. The van der Waals surface area contributed by atoms with Crippen LogP contribution in [0.2, 0.25) is 0 Å². The molecule has 1 unspecified atom stereocenters. The van der Waals surface area contributed by atoms with Gasteiger partial charge in [0, 0.05) is 11.3 Å². The summed E-state index contributed by atoms with van der Waals surface area (Å²) in [6, 6.07) is 7.35. The van der Waals surface area contributed by atoms with Crippen molar-refractivity contribution in [1.82, 2.24) is 0 Å². The van der Waals surface area contributed by atoms with Gasteiger partial charge in [0.15, 0.2) is 0 Å². The van der Waals surface area contributed by atoms with Gasteiger partial charge in [0.25, 0.3) is 0 Å².